The Balaban J connectivity index is 1.83. The third-order valence-electron chi connectivity index (χ3n) is 10.00. The average Bonchev–Trinajstić information content (AvgIpc) is 3.05. The van der Waals surface area contributed by atoms with Gasteiger partial charge < -0.3 is 0 Å². The van der Waals surface area contributed by atoms with Crippen LogP contribution in [-0.2, 0) is 10.2 Å². The molecule has 2 unspecified atom stereocenters. The van der Waals surface area contributed by atoms with Crippen molar-refractivity contribution in [2.75, 3.05) is 6.26 Å². The second-order valence-electron chi connectivity index (χ2n) is 12.4. The Morgan fingerprint density at radius 3 is 1.84 bits per heavy atom. The van der Waals surface area contributed by atoms with Gasteiger partial charge in [0.15, 0.2) is 0 Å². The summed E-state index contributed by atoms with van der Waals surface area (Å²) >= 11 is 0. The molecule has 0 saturated heterocycles. The molecule has 0 fully saturated rings. The third kappa shape index (κ3) is 4.27. The molecule has 0 aromatic heterocycles. The van der Waals surface area contributed by atoms with Crippen LogP contribution >= 0.6 is 10.0 Å². The van der Waals surface area contributed by atoms with Crippen LogP contribution < -0.4 is 0 Å². The minimum absolute atomic E-state index is 0.189. The van der Waals surface area contributed by atoms with Gasteiger partial charge in [-0.2, -0.15) is 0 Å². The van der Waals surface area contributed by atoms with Crippen molar-refractivity contribution in [3.05, 3.63) is 184 Å². The van der Waals surface area contributed by atoms with Crippen molar-refractivity contribution in [3.8, 4) is 0 Å². The lowest BCUT2D eigenvalue weighted by Gasteiger charge is -2.68. The zero-order chi connectivity index (χ0) is 30.1. The van der Waals surface area contributed by atoms with Crippen molar-refractivity contribution < 1.29 is 0 Å². The second-order valence-corrected chi connectivity index (χ2v) is 15.9. The van der Waals surface area contributed by atoms with Gasteiger partial charge in [0.25, 0.3) is 0 Å². The van der Waals surface area contributed by atoms with E-state index < -0.39 is 10.0 Å². The maximum absolute atomic E-state index is 2.63. The molecule has 4 aromatic carbocycles. The molecular formula is C42H44S. The molecule has 2 aliphatic rings. The minimum Gasteiger partial charge on any atom is -0.202 e. The van der Waals surface area contributed by atoms with Gasteiger partial charge in [0.1, 0.15) is 0 Å². The van der Waals surface area contributed by atoms with Gasteiger partial charge in [-0.05, 0) is 69.9 Å². The number of fused-ring (bicyclic) bond motifs is 2. The van der Waals surface area contributed by atoms with Crippen LogP contribution in [0.2, 0.25) is 0 Å². The molecule has 0 amide bonds. The van der Waals surface area contributed by atoms with Crippen LogP contribution in [0.5, 0.6) is 0 Å². The van der Waals surface area contributed by atoms with E-state index in [4.69, 9.17) is 0 Å². The molecule has 218 valence electrons. The molecule has 0 saturated carbocycles. The number of rotatable bonds is 7. The summed E-state index contributed by atoms with van der Waals surface area (Å²) < 4.78 is -0.189. The Hall–Kier alpha value is -3.81. The monoisotopic (exact) mass is 580 g/mol. The van der Waals surface area contributed by atoms with E-state index in [1.165, 1.54) is 39.0 Å². The minimum atomic E-state index is -1.54. The van der Waals surface area contributed by atoms with Gasteiger partial charge in [0, 0.05) is 5.25 Å². The molecule has 0 spiro atoms. The second kappa shape index (κ2) is 11.7. The molecule has 0 N–H and O–H groups in total. The van der Waals surface area contributed by atoms with Crippen LogP contribution in [0.15, 0.2) is 157 Å². The molecule has 0 aliphatic carbocycles. The Labute approximate surface area is 260 Å². The molecule has 4 aromatic rings. The first-order chi connectivity index (χ1) is 20.9. The summed E-state index contributed by atoms with van der Waals surface area (Å²) in [5.41, 5.74) is 9.44. The topological polar surface area (TPSA) is 0 Å². The van der Waals surface area contributed by atoms with Crippen LogP contribution in [0.4, 0.5) is 0 Å². The largest absolute Gasteiger partial charge is 0.202 e. The molecule has 0 radical (unpaired) electrons. The van der Waals surface area contributed by atoms with Gasteiger partial charge in [-0.15, -0.1) is 0 Å². The Morgan fingerprint density at radius 1 is 0.744 bits per heavy atom. The SMILES string of the molecule is CC/C=C\C(=C(/C)C1(C(C)C)c2ccccc2C(c2ccccc2)(c2ccccc2)[C@H]2C=CC=CS21C)c1ccccc1. The smallest absolute Gasteiger partial charge is 0.0596 e. The highest BCUT2D eigenvalue weighted by atomic mass is 32.3. The number of hydrogen-bond acceptors (Lipinski definition) is 0. The number of allylic oxidation sites excluding steroid dienone is 5. The van der Waals surface area contributed by atoms with Gasteiger partial charge in [0.05, 0.1) is 10.2 Å². The molecular weight excluding hydrogens is 537 g/mol. The third-order valence-corrected chi connectivity index (χ3v) is 14.7. The number of benzene rings is 4. The van der Waals surface area contributed by atoms with Crippen molar-refractivity contribution in [2.45, 2.75) is 49.5 Å². The van der Waals surface area contributed by atoms with Crippen molar-refractivity contribution in [1.29, 1.82) is 0 Å². The fourth-order valence-corrected chi connectivity index (χ4v) is 13.7. The summed E-state index contributed by atoms with van der Waals surface area (Å²) in [6.45, 7) is 9.60. The molecule has 2 heterocycles. The van der Waals surface area contributed by atoms with E-state index in [1.807, 2.05) is 0 Å². The van der Waals surface area contributed by atoms with E-state index in [9.17, 15) is 0 Å². The van der Waals surface area contributed by atoms with Crippen LogP contribution in [0.3, 0.4) is 0 Å². The van der Waals surface area contributed by atoms with Gasteiger partial charge in [0.2, 0.25) is 0 Å². The summed E-state index contributed by atoms with van der Waals surface area (Å²) in [5, 5.41) is 2.89. The highest BCUT2D eigenvalue weighted by Crippen LogP contribution is 2.80. The summed E-state index contributed by atoms with van der Waals surface area (Å²) in [6.07, 6.45) is 15.6. The van der Waals surface area contributed by atoms with Gasteiger partial charge in [-0.1, -0.05) is 166 Å². The normalized spacial score (nSPS) is 26.0. The summed E-state index contributed by atoms with van der Waals surface area (Å²) in [6, 6.07) is 43.1. The first kappa shape index (κ1) is 29.3. The zero-order valence-electron chi connectivity index (χ0n) is 26.2. The van der Waals surface area contributed by atoms with Crippen LogP contribution in [0.1, 0.15) is 61.9 Å². The fraction of sp³-hybridized carbons (Fsp3) is 0.238. The molecule has 43 heavy (non-hydrogen) atoms. The quantitative estimate of drug-likeness (QED) is 0.191. The van der Waals surface area contributed by atoms with Crippen molar-refractivity contribution in [2.24, 2.45) is 5.92 Å². The first-order valence-electron chi connectivity index (χ1n) is 15.7. The summed E-state index contributed by atoms with van der Waals surface area (Å²) in [5.74, 6) is 0.366. The number of hydrogen-bond donors (Lipinski definition) is 0. The van der Waals surface area contributed by atoms with E-state index in [1.54, 1.807) is 0 Å². The van der Waals surface area contributed by atoms with Crippen LogP contribution in [0, 0.1) is 5.92 Å². The molecule has 1 heteroatoms. The first-order valence-corrected chi connectivity index (χ1v) is 17.9. The molecule has 0 bridgehead atoms. The standard InChI is InChI=1S/C42H44S/c1-6-7-27-37(34-21-11-8-12-22-34)33(4)42(32(2)3)39-29-18-17-28-38(39)41(35-23-13-9-14-24-35,36-25-15-10-16-26-36)40-30-19-20-31-43(40,42)5/h7-32,40H,6H2,1-5H3/b27-7-,37-33-/t40-,42?/m1/s1. The maximum atomic E-state index is 2.63. The molecule has 3 atom stereocenters. The lowest BCUT2D eigenvalue weighted by atomic mass is 9.62. The zero-order valence-corrected chi connectivity index (χ0v) is 27.0. The maximum Gasteiger partial charge on any atom is 0.0596 e. The van der Waals surface area contributed by atoms with Crippen molar-refractivity contribution >= 4 is 15.6 Å². The van der Waals surface area contributed by atoms with E-state index in [0.717, 1.165) is 6.42 Å². The molecule has 2 aliphatic heterocycles. The average molecular weight is 581 g/mol. The van der Waals surface area contributed by atoms with Crippen LogP contribution in [-0.4, -0.2) is 11.5 Å². The lowest BCUT2D eigenvalue weighted by Crippen LogP contribution is -2.56. The summed E-state index contributed by atoms with van der Waals surface area (Å²) in [7, 11) is -1.54. The highest BCUT2D eigenvalue weighted by Gasteiger charge is 2.63. The Kier molecular flexibility index (Phi) is 7.96. The predicted molar refractivity (Wildman–Crippen MR) is 190 cm³/mol. The van der Waals surface area contributed by atoms with Gasteiger partial charge >= 0.3 is 0 Å². The van der Waals surface area contributed by atoms with Crippen molar-refractivity contribution in [1.82, 2.24) is 0 Å². The van der Waals surface area contributed by atoms with E-state index in [-0.39, 0.29) is 15.4 Å². The Morgan fingerprint density at radius 2 is 1.28 bits per heavy atom. The van der Waals surface area contributed by atoms with E-state index >= 15 is 0 Å². The lowest BCUT2D eigenvalue weighted by molar-refractivity contribution is 0.466. The highest BCUT2D eigenvalue weighted by molar-refractivity contribution is 8.37. The summed E-state index contributed by atoms with van der Waals surface area (Å²) in [4.78, 5) is 0. The van der Waals surface area contributed by atoms with E-state index in [0.29, 0.717) is 5.92 Å². The predicted octanol–water partition coefficient (Wildman–Crippen LogP) is 11.2. The van der Waals surface area contributed by atoms with Gasteiger partial charge in [-0.3, -0.25) is 0 Å². The van der Waals surface area contributed by atoms with Gasteiger partial charge in [-0.25, -0.2) is 10.0 Å². The van der Waals surface area contributed by atoms with Crippen LogP contribution in [0.25, 0.3) is 5.57 Å². The van der Waals surface area contributed by atoms with E-state index in [2.05, 4.69) is 185 Å². The fourth-order valence-electron chi connectivity index (χ4n) is 8.46. The molecule has 6 rings (SSSR count). The Bertz CT molecular complexity index is 1650. The molecule has 0 nitrogen and oxygen atoms in total. The van der Waals surface area contributed by atoms with Crippen molar-refractivity contribution in [3.63, 3.8) is 0 Å².